The van der Waals surface area contributed by atoms with Crippen molar-refractivity contribution in [2.24, 2.45) is 4.99 Å². The minimum absolute atomic E-state index is 0. The average molecular weight is 451 g/mol. The third-order valence-corrected chi connectivity index (χ3v) is 5.59. The van der Waals surface area contributed by atoms with Crippen LogP contribution in [0.1, 0.15) is 43.9 Å². The summed E-state index contributed by atoms with van der Waals surface area (Å²) >= 11 is 1.89. The summed E-state index contributed by atoms with van der Waals surface area (Å²) in [7, 11) is 3.55. The van der Waals surface area contributed by atoms with Crippen molar-refractivity contribution >= 4 is 41.3 Å². The molecule has 0 aromatic carbocycles. The summed E-state index contributed by atoms with van der Waals surface area (Å²) in [5.74, 6) is 0.867. The first-order chi connectivity index (χ1) is 10.7. The number of nitrogens with one attached hydrogen (secondary N) is 2. The van der Waals surface area contributed by atoms with Gasteiger partial charge in [-0.3, -0.25) is 4.99 Å². The van der Waals surface area contributed by atoms with Crippen LogP contribution in [0.5, 0.6) is 0 Å². The first kappa shape index (κ1) is 20.7. The number of nitrogens with zero attached hydrogens (tertiary/aromatic N) is 1. The lowest BCUT2D eigenvalue weighted by Gasteiger charge is -2.37. The average Bonchev–Trinajstić information content (AvgIpc) is 3.07. The van der Waals surface area contributed by atoms with E-state index in [1.165, 1.54) is 37.0 Å². The summed E-state index contributed by atoms with van der Waals surface area (Å²) in [6.07, 6.45) is 6.55. The SMILES string of the molecule is CN=C(NCC1(c2cccs2)CCCCC1)NC(C)COC.I. The molecule has 0 saturated heterocycles. The quantitative estimate of drug-likeness (QED) is 0.393. The van der Waals surface area contributed by atoms with Gasteiger partial charge < -0.3 is 15.4 Å². The minimum Gasteiger partial charge on any atom is -0.383 e. The van der Waals surface area contributed by atoms with Crippen LogP contribution < -0.4 is 10.6 Å². The molecule has 0 radical (unpaired) electrons. The van der Waals surface area contributed by atoms with Gasteiger partial charge >= 0.3 is 0 Å². The Morgan fingerprint density at radius 1 is 1.39 bits per heavy atom. The monoisotopic (exact) mass is 451 g/mol. The van der Waals surface area contributed by atoms with Gasteiger partial charge in [-0.25, -0.2) is 0 Å². The Morgan fingerprint density at radius 3 is 2.70 bits per heavy atom. The highest BCUT2D eigenvalue weighted by Gasteiger charge is 2.34. The van der Waals surface area contributed by atoms with Crippen molar-refractivity contribution in [3.05, 3.63) is 22.4 Å². The molecule has 1 saturated carbocycles. The first-order valence-electron chi connectivity index (χ1n) is 8.20. The highest BCUT2D eigenvalue weighted by atomic mass is 127. The number of guanidine groups is 1. The van der Waals surface area contributed by atoms with E-state index in [0.29, 0.717) is 6.61 Å². The molecule has 1 atom stereocenters. The van der Waals surface area contributed by atoms with Crippen molar-refractivity contribution in [2.75, 3.05) is 27.3 Å². The summed E-state index contributed by atoms with van der Waals surface area (Å²) in [5, 5.41) is 9.13. The predicted octanol–water partition coefficient (Wildman–Crippen LogP) is 3.77. The van der Waals surface area contributed by atoms with Crippen molar-refractivity contribution in [3.63, 3.8) is 0 Å². The third-order valence-electron chi connectivity index (χ3n) is 4.47. The molecule has 1 aromatic heterocycles. The highest BCUT2D eigenvalue weighted by Crippen LogP contribution is 2.41. The number of thiophene rings is 1. The molecule has 1 heterocycles. The predicted molar refractivity (Wildman–Crippen MR) is 110 cm³/mol. The van der Waals surface area contributed by atoms with E-state index in [4.69, 9.17) is 4.74 Å². The number of methoxy groups -OCH3 is 1. The van der Waals surface area contributed by atoms with E-state index >= 15 is 0 Å². The Morgan fingerprint density at radius 2 is 2.13 bits per heavy atom. The molecular formula is C17H30IN3OS. The standard InChI is InChI=1S/C17H29N3OS.HI/c1-14(12-21-3)20-16(18-2)19-13-17(9-5-4-6-10-17)15-8-7-11-22-15;/h7-8,11,14H,4-6,9-10,12-13H2,1-3H3,(H2,18,19,20);1H. The van der Waals surface area contributed by atoms with Gasteiger partial charge in [0.1, 0.15) is 0 Å². The van der Waals surface area contributed by atoms with Crippen molar-refractivity contribution in [3.8, 4) is 0 Å². The van der Waals surface area contributed by atoms with Crippen LogP contribution in [0.4, 0.5) is 0 Å². The fourth-order valence-corrected chi connectivity index (χ4v) is 4.28. The van der Waals surface area contributed by atoms with Crippen LogP contribution in [0.15, 0.2) is 22.5 Å². The van der Waals surface area contributed by atoms with Crippen LogP contribution in [0, 0.1) is 0 Å². The van der Waals surface area contributed by atoms with Crippen molar-refractivity contribution in [1.82, 2.24) is 10.6 Å². The lowest BCUT2D eigenvalue weighted by Crippen LogP contribution is -2.49. The number of hydrogen-bond acceptors (Lipinski definition) is 3. The lowest BCUT2D eigenvalue weighted by atomic mass is 9.73. The van der Waals surface area contributed by atoms with Gasteiger partial charge in [0.2, 0.25) is 0 Å². The second kappa shape index (κ2) is 10.5. The molecule has 0 amide bonds. The molecule has 4 nitrogen and oxygen atoms in total. The number of aliphatic imine (C=N–C) groups is 1. The van der Waals surface area contributed by atoms with Gasteiger partial charge in [-0.05, 0) is 31.2 Å². The summed E-state index contributed by atoms with van der Waals surface area (Å²) in [6, 6.07) is 4.71. The topological polar surface area (TPSA) is 45.7 Å². The Labute approximate surface area is 161 Å². The van der Waals surface area contributed by atoms with Crippen LogP contribution in [0.25, 0.3) is 0 Å². The summed E-state index contributed by atoms with van der Waals surface area (Å²) in [6.45, 7) is 3.73. The second-order valence-corrected chi connectivity index (χ2v) is 7.19. The maximum Gasteiger partial charge on any atom is 0.191 e. The van der Waals surface area contributed by atoms with Crippen LogP contribution in [0.3, 0.4) is 0 Å². The minimum atomic E-state index is 0. The van der Waals surface area contributed by atoms with E-state index in [9.17, 15) is 0 Å². The molecule has 1 aliphatic rings. The first-order valence-corrected chi connectivity index (χ1v) is 9.08. The largest absolute Gasteiger partial charge is 0.383 e. The smallest absolute Gasteiger partial charge is 0.191 e. The van der Waals surface area contributed by atoms with Crippen LogP contribution in [0.2, 0.25) is 0 Å². The maximum absolute atomic E-state index is 5.18. The fraction of sp³-hybridized carbons (Fsp3) is 0.706. The molecule has 0 spiro atoms. The number of halogens is 1. The Hall–Kier alpha value is -0.340. The van der Waals surface area contributed by atoms with Gasteiger partial charge in [0.25, 0.3) is 0 Å². The van der Waals surface area contributed by atoms with Gasteiger partial charge in [0.15, 0.2) is 5.96 Å². The zero-order valence-electron chi connectivity index (χ0n) is 14.4. The summed E-state index contributed by atoms with van der Waals surface area (Å²) in [4.78, 5) is 5.86. The lowest BCUT2D eigenvalue weighted by molar-refractivity contribution is 0.178. The van der Waals surface area contributed by atoms with Crippen LogP contribution in [-0.2, 0) is 10.2 Å². The molecule has 132 valence electrons. The van der Waals surface area contributed by atoms with E-state index < -0.39 is 0 Å². The number of hydrogen-bond donors (Lipinski definition) is 2. The molecule has 0 aliphatic heterocycles. The van der Waals surface area contributed by atoms with E-state index in [0.717, 1.165) is 12.5 Å². The van der Waals surface area contributed by atoms with Crippen molar-refractivity contribution in [2.45, 2.75) is 50.5 Å². The number of rotatable bonds is 6. The molecule has 2 rings (SSSR count). The Kier molecular flexibility index (Phi) is 9.46. The highest BCUT2D eigenvalue weighted by molar-refractivity contribution is 14.0. The number of ether oxygens (including phenoxy) is 1. The fourth-order valence-electron chi connectivity index (χ4n) is 3.29. The second-order valence-electron chi connectivity index (χ2n) is 6.24. The van der Waals surface area contributed by atoms with Crippen LogP contribution in [-0.4, -0.2) is 39.3 Å². The molecule has 2 N–H and O–H groups in total. The molecular weight excluding hydrogens is 421 g/mol. The zero-order valence-corrected chi connectivity index (χ0v) is 17.6. The molecule has 1 fully saturated rings. The Balaban J connectivity index is 0.00000264. The normalized spacial score (nSPS) is 18.8. The van der Waals surface area contributed by atoms with Gasteiger partial charge in [0, 0.05) is 37.0 Å². The van der Waals surface area contributed by atoms with Crippen molar-refractivity contribution < 1.29 is 4.74 Å². The molecule has 1 unspecified atom stereocenters. The zero-order chi connectivity index (χ0) is 15.8. The van der Waals surface area contributed by atoms with Gasteiger partial charge in [-0.1, -0.05) is 25.3 Å². The molecule has 1 aromatic rings. The van der Waals surface area contributed by atoms with E-state index in [2.05, 4.69) is 40.1 Å². The van der Waals surface area contributed by atoms with Gasteiger partial charge in [-0.15, -0.1) is 35.3 Å². The Bertz CT molecular complexity index is 458. The van der Waals surface area contributed by atoms with Gasteiger partial charge in [-0.2, -0.15) is 0 Å². The summed E-state index contributed by atoms with van der Waals surface area (Å²) < 4.78 is 5.18. The summed E-state index contributed by atoms with van der Waals surface area (Å²) in [5.41, 5.74) is 0.272. The molecule has 1 aliphatic carbocycles. The van der Waals surface area contributed by atoms with E-state index in [1.54, 1.807) is 7.11 Å². The van der Waals surface area contributed by atoms with Crippen LogP contribution >= 0.6 is 35.3 Å². The molecule has 6 heteroatoms. The maximum atomic E-state index is 5.18. The molecule has 0 bridgehead atoms. The van der Waals surface area contributed by atoms with E-state index in [1.807, 2.05) is 18.4 Å². The van der Waals surface area contributed by atoms with Crippen molar-refractivity contribution in [1.29, 1.82) is 0 Å². The van der Waals surface area contributed by atoms with Gasteiger partial charge in [0.05, 0.1) is 6.61 Å². The molecule has 23 heavy (non-hydrogen) atoms. The van der Waals surface area contributed by atoms with E-state index in [-0.39, 0.29) is 35.4 Å². The third kappa shape index (κ3) is 5.90.